The molecule has 0 amide bonds. The van der Waals surface area contributed by atoms with Crippen molar-refractivity contribution in [3.8, 4) is 11.5 Å². The van der Waals surface area contributed by atoms with Crippen molar-refractivity contribution in [2.45, 2.75) is 19.9 Å². The number of fused-ring (bicyclic) bond motifs is 1. The van der Waals surface area contributed by atoms with Gasteiger partial charge in [0.25, 0.3) is 0 Å². The molecule has 0 spiro atoms. The van der Waals surface area contributed by atoms with Gasteiger partial charge in [-0.1, -0.05) is 6.07 Å². The summed E-state index contributed by atoms with van der Waals surface area (Å²) in [5.41, 5.74) is 1.06. The van der Waals surface area contributed by atoms with E-state index in [1.807, 2.05) is 18.2 Å². The van der Waals surface area contributed by atoms with E-state index in [9.17, 15) is 8.42 Å². The van der Waals surface area contributed by atoms with Gasteiger partial charge in [0.2, 0.25) is 16.8 Å². The van der Waals surface area contributed by atoms with E-state index >= 15 is 0 Å². The highest BCUT2D eigenvalue weighted by molar-refractivity contribution is 7.89. The fourth-order valence-electron chi connectivity index (χ4n) is 2.33. The summed E-state index contributed by atoms with van der Waals surface area (Å²) in [5, 5.41) is 6.40. The van der Waals surface area contributed by atoms with E-state index in [-0.39, 0.29) is 12.5 Å². The molecule has 1 aromatic carbocycles. The van der Waals surface area contributed by atoms with Crippen LogP contribution in [0.5, 0.6) is 11.5 Å². The summed E-state index contributed by atoms with van der Waals surface area (Å²) in [6, 6.07) is 5.80. The molecule has 0 saturated heterocycles. The quantitative estimate of drug-likeness (QED) is 0.399. The number of ether oxygens (including phenoxy) is 2. The van der Waals surface area contributed by atoms with Gasteiger partial charge >= 0.3 is 0 Å². The number of benzene rings is 1. The SMILES string of the molecule is CCS(=O)(=O)N(C)CCCNC(=NC)NCc1ccc2c(c1)OCO2. The molecule has 0 bridgehead atoms. The van der Waals surface area contributed by atoms with Gasteiger partial charge in [0.05, 0.1) is 5.75 Å². The number of hydrogen-bond acceptors (Lipinski definition) is 5. The maximum atomic E-state index is 11.7. The summed E-state index contributed by atoms with van der Waals surface area (Å²) in [4.78, 5) is 4.16. The Morgan fingerprint density at radius 2 is 2.04 bits per heavy atom. The standard InChI is InChI=1S/C16H26N4O4S/c1-4-25(21,22)20(3)9-5-8-18-16(17-2)19-11-13-6-7-14-15(10-13)24-12-23-14/h6-7,10H,4-5,8-9,11-12H2,1-3H3,(H2,17,18,19). The van der Waals surface area contributed by atoms with Crippen LogP contribution in [0.4, 0.5) is 0 Å². The van der Waals surface area contributed by atoms with Crippen molar-refractivity contribution in [2.24, 2.45) is 4.99 Å². The number of nitrogens with zero attached hydrogens (tertiary/aromatic N) is 2. The first kappa shape index (κ1) is 19.3. The first-order valence-corrected chi connectivity index (χ1v) is 9.84. The predicted octanol–water partition coefficient (Wildman–Crippen LogP) is 0.752. The third-order valence-corrected chi connectivity index (χ3v) is 5.76. The van der Waals surface area contributed by atoms with E-state index in [1.54, 1.807) is 21.0 Å². The molecule has 8 nitrogen and oxygen atoms in total. The van der Waals surface area contributed by atoms with Crippen molar-refractivity contribution in [1.82, 2.24) is 14.9 Å². The predicted molar refractivity (Wildman–Crippen MR) is 97.5 cm³/mol. The molecule has 0 radical (unpaired) electrons. The third kappa shape index (κ3) is 5.50. The lowest BCUT2D eigenvalue weighted by molar-refractivity contribution is 0.174. The first-order chi connectivity index (χ1) is 12.0. The fourth-order valence-corrected chi connectivity index (χ4v) is 3.17. The molecule has 1 aromatic rings. The topological polar surface area (TPSA) is 92.3 Å². The summed E-state index contributed by atoms with van der Waals surface area (Å²) in [6.07, 6.45) is 0.695. The second kappa shape index (κ2) is 8.91. The van der Waals surface area contributed by atoms with Gasteiger partial charge in [-0.3, -0.25) is 4.99 Å². The molecule has 0 unspecified atom stereocenters. The number of sulfonamides is 1. The molecule has 1 aliphatic rings. The lowest BCUT2D eigenvalue weighted by atomic mass is 10.2. The van der Waals surface area contributed by atoms with E-state index in [0.717, 1.165) is 17.1 Å². The van der Waals surface area contributed by atoms with E-state index in [2.05, 4.69) is 15.6 Å². The Morgan fingerprint density at radius 1 is 1.28 bits per heavy atom. The van der Waals surface area contributed by atoms with Gasteiger partial charge in [0.15, 0.2) is 17.5 Å². The molecule has 0 fully saturated rings. The zero-order valence-corrected chi connectivity index (χ0v) is 15.7. The normalized spacial score (nSPS) is 14.0. The van der Waals surface area contributed by atoms with Crippen molar-refractivity contribution in [3.05, 3.63) is 23.8 Å². The van der Waals surface area contributed by atoms with Crippen LogP contribution in [0.2, 0.25) is 0 Å². The van der Waals surface area contributed by atoms with Gasteiger partial charge in [-0.25, -0.2) is 12.7 Å². The van der Waals surface area contributed by atoms with Crippen LogP contribution < -0.4 is 20.1 Å². The highest BCUT2D eigenvalue weighted by Crippen LogP contribution is 2.32. The summed E-state index contributed by atoms with van der Waals surface area (Å²) in [6.45, 7) is 3.61. The summed E-state index contributed by atoms with van der Waals surface area (Å²) < 4.78 is 35.4. The average Bonchev–Trinajstić information content (AvgIpc) is 3.08. The van der Waals surface area contributed by atoms with Gasteiger partial charge < -0.3 is 20.1 Å². The summed E-state index contributed by atoms with van der Waals surface area (Å²) in [5.74, 6) is 2.30. The maximum absolute atomic E-state index is 11.7. The monoisotopic (exact) mass is 370 g/mol. The molecule has 9 heteroatoms. The van der Waals surface area contributed by atoms with E-state index < -0.39 is 10.0 Å². The number of guanidine groups is 1. The minimum atomic E-state index is -3.12. The highest BCUT2D eigenvalue weighted by Gasteiger charge is 2.14. The fraction of sp³-hybridized carbons (Fsp3) is 0.562. The molecule has 2 N–H and O–H groups in total. The minimum Gasteiger partial charge on any atom is -0.454 e. The Morgan fingerprint density at radius 3 is 2.76 bits per heavy atom. The van der Waals surface area contributed by atoms with Crippen molar-refractivity contribution in [3.63, 3.8) is 0 Å². The first-order valence-electron chi connectivity index (χ1n) is 8.23. The smallest absolute Gasteiger partial charge is 0.231 e. The second-order valence-corrected chi connectivity index (χ2v) is 7.98. The Labute approximate surface area is 149 Å². The van der Waals surface area contributed by atoms with Crippen LogP contribution >= 0.6 is 0 Å². The zero-order valence-electron chi connectivity index (χ0n) is 14.9. The molecule has 140 valence electrons. The van der Waals surface area contributed by atoms with Gasteiger partial charge in [-0.2, -0.15) is 0 Å². The molecule has 0 aromatic heterocycles. The summed E-state index contributed by atoms with van der Waals surface area (Å²) in [7, 11) is 0.182. The lowest BCUT2D eigenvalue weighted by Gasteiger charge is -2.17. The van der Waals surface area contributed by atoms with E-state index in [0.29, 0.717) is 32.0 Å². The molecule has 1 aliphatic heterocycles. The van der Waals surface area contributed by atoms with Crippen molar-refractivity contribution in [1.29, 1.82) is 0 Å². The third-order valence-electron chi connectivity index (χ3n) is 3.90. The van der Waals surface area contributed by atoms with E-state index in [1.165, 1.54) is 4.31 Å². The van der Waals surface area contributed by atoms with Crippen LogP contribution in [0, 0.1) is 0 Å². The molecular formula is C16H26N4O4S. The Hall–Kier alpha value is -2.00. The maximum Gasteiger partial charge on any atom is 0.231 e. The van der Waals surface area contributed by atoms with Crippen LogP contribution in [0.25, 0.3) is 0 Å². The van der Waals surface area contributed by atoms with Crippen LogP contribution in [-0.4, -0.2) is 58.4 Å². The lowest BCUT2D eigenvalue weighted by Crippen LogP contribution is -2.38. The Bertz CT molecular complexity index is 706. The molecule has 25 heavy (non-hydrogen) atoms. The van der Waals surface area contributed by atoms with Crippen LogP contribution in [0.3, 0.4) is 0 Å². The van der Waals surface area contributed by atoms with E-state index in [4.69, 9.17) is 9.47 Å². The average molecular weight is 370 g/mol. The second-order valence-electron chi connectivity index (χ2n) is 5.62. The molecular weight excluding hydrogens is 344 g/mol. The molecule has 1 heterocycles. The number of aliphatic imine (C=N–C) groups is 1. The molecule has 2 rings (SSSR count). The van der Waals surface area contributed by atoms with Gasteiger partial charge in [0, 0.05) is 33.7 Å². The van der Waals surface area contributed by atoms with Gasteiger partial charge in [0.1, 0.15) is 0 Å². The molecule has 0 aliphatic carbocycles. The van der Waals surface area contributed by atoms with Gasteiger partial charge in [-0.15, -0.1) is 0 Å². The largest absolute Gasteiger partial charge is 0.454 e. The Kier molecular flexibility index (Phi) is 6.89. The van der Waals surface area contributed by atoms with Crippen LogP contribution in [-0.2, 0) is 16.6 Å². The van der Waals surface area contributed by atoms with Crippen LogP contribution in [0.15, 0.2) is 23.2 Å². The highest BCUT2D eigenvalue weighted by atomic mass is 32.2. The van der Waals surface area contributed by atoms with Crippen LogP contribution in [0.1, 0.15) is 18.9 Å². The number of hydrogen-bond donors (Lipinski definition) is 2. The molecule has 0 saturated carbocycles. The number of rotatable bonds is 8. The van der Waals surface area contributed by atoms with Gasteiger partial charge in [-0.05, 0) is 31.0 Å². The summed E-state index contributed by atoms with van der Waals surface area (Å²) >= 11 is 0. The van der Waals surface area contributed by atoms with Crippen molar-refractivity contribution < 1.29 is 17.9 Å². The zero-order chi connectivity index (χ0) is 18.3. The van der Waals surface area contributed by atoms with Crippen molar-refractivity contribution in [2.75, 3.05) is 39.7 Å². The Balaban J connectivity index is 1.72. The number of nitrogens with one attached hydrogen (secondary N) is 2. The minimum absolute atomic E-state index is 0.121. The molecule has 0 atom stereocenters. The van der Waals surface area contributed by atoms with Crippen molar-refractivity contribution >= 4 is 16.0 Å².